The lowest BCUT2D eigenvalue weighted by atomic mass is 10.0. The summed E-state index contributed by atoms with van der Waals surface area (Å²) in [6.45, 7) is 1.85. The first-order chi connectivity index (χ1) is 9.92. The summed E-state index contributed by atoms with van der Waals surface area (Å²) < 4.78 is 18.0. The molecule has 0 bridgehead atoms. The molecule has 0 aliphatic heterocycles. The number of amides is 1. The van der Waals surface area contributed by atoms with Gasteiger partial charge in [-0.3, -0.25) is 9.59 Å². The predicted octanol–water partition coefficient (Wildman–Crippen LogP) is 2.48. The topological polar surface area (TPSA) is 75.6 Å². The van der Waals surface area contributed by atoms with Gasteiger partial charge < -0.3 is 15.2 Å². The van der Waals surface area contributed by atoms with Crippen LogP contribution in [0.1, 0.15) is 19.8 Å². The predicted molar refractivity (Wildman–Crippen MR) is 75.9 cm³/mol. The Hall–Kier alpha value is -1.82. The number of carbonyl (C=O) groups excluding carboxylic acids is 1. The van der Waals surface area contributed by atoms with Crippen LogP contribution < -0.4 is 10.1 Å². The molecular formula is C14H17ClFNO4. The summed E-state index contributed by atoms with van der Waals surface area (Å²) in [7, 11) is 0. The average Bonchev–Trinajstić information content (AvgIpc) is 2.42. The van der Waals surface area contributed by atoms with Gasteiger partial charge >= 0.3 is 5.97 Å². The van der Waals surface area contributed by atoms with Crippen molar-refractivity contribution >= 4 is 23.5 Å². The molecule has 1 atom stereocenters. The molecule has 2 N–H and O–H groups in total. The maximum absolute atomic E-state index is 12.8. The van der Waals surface area contributed by atoms with Gasteiger partial charge in [0.25, 0.3) is 5.91 Å². The summed E-state index contributed by atoms with van der Waals surface area (Å²) in [5.74, 6) is -1.69. The Morgan fingerprint density at radius 1 is 1.48 bits per heavy atom. The number of carboxylic acid groups (broad SMARTS) is 1. The van der Waals surface area contributed by atoms with Gasteiger partial charge in [-0.15, -0.1) is 0 Å². The van der Waals surface area contributed by atoms with Crippen molar-refractivity contribution in [2.75, 3.05) is 13.2 Å². The summed E-state index contributed by atoms with van der Waals surface area (Å²) in [6.07, 6.45) is 0.651. The number of carbonyl (C=O) groups is 2. The van der Waals surface area contributed by atoms with Gasteiger partial charge in [-0.05, 0) is 24.1 Å². The lowest BCUT2D eigenvalue weighted by Crippen LogP contribution is -2.33. The fraction of sp³-hybridized carbons (Fsp3) is 0.429. The number of rotatable bonds is 8. The second kappa shape index (κ2) is 8.46. The van der Waals surface area contributed by atoms with E-state index in [0.717, 1.165) is 6.07 Å². The molecule has 1 aromatic carbocycles. The van der Waals surface area contributed by atoms with Crippen molar-refractivity contribution in [1.29, 1.82) is 0 Å². The molecule has 1 aromatic rings. The van der Waals surface area contributed by atoms with Gasteiger partial charge in [0.05, 0.1) is 5.02 Å². The second-order valence-corrected chi connectivity index (χ2v) is 4.95. The molecule has 1 rings (SSSR count). The van der Waals surface area contributed by atoms with Crippen molar-refractivity contribution in [1.82, 2.24) is 5.32 Å². The lowest BCUT2D eigenvalue weighted by Gasteiger charge is -2.14. The SMILES string of the molecule is CCC(CNC(=O)COc1ccc(F)cc1Cl)CC(=O)O. The smallest absolute Gasteiger partial charge is 0.303 e. The van der Waals surface area contributed by atoms with Crippen LogP contribution in [-0.2, 0) is 9.59 Å². The van der Waals surface area contributed by atoms with Gasteiger partial charge in [0.2, 0.25) is 0 Å². The normalized spacial score (nSPS) is 11.8. The lowest BCUT2D eigenvalue weighted by molar-refractivity contribution is -0.138. The van der Waals surface area contributed by atoms with Crippen LogP contribution in [0.4, 0.5) is 4.39 Å². The number of nitrogens with one attached hydrogen (secondary N) is 1. The third kappa shape index (κ3) is 6.44. The summed E-state index contributed by atoms with van der Waals surface area (Å²) in [4.78, 5) is 22.2. The third-order valence-corrected chi connectivity index (χ3v) is 3.18. The summed E-state index contributed by atoms with van der Waals surface area (Å²) in [6, 6.07) is 3.61. The molecule has 0 aliphatic carbocycles. The zero-order valence-corrected chi connectivity index (χ0v) is 12.3. The maximum Gasteiger partial charge on any atom is 0.303 e. The van der Waals surface area contributed by atoms with Crippen LogP contribution in [0.5, 0.6) is 5.75 Å². The monoisotopic (exact) mass is 317 g/mol. The zero-order chi connectivity index (χ0) is 15.8. The molecule has 7 heteroatoms. The number of hydrogen-bond donors (Lipinski definition) is 2. The standard InChI is InChI=1S/C14H17ClFNO4/c1-2-9(5-14(19)20)7-17-13(18)8-21-12-4-3-10(16)6-11(12)15/h3-4,6,9H,2,5,7-8H2,1H3,(H,17,18)(H,19,20). The van der Waals surface area contributed by atoms with Crippen LogP contribution in [0.2, 0.25) is 5.02 Å². The minimum Gasteiger partial charge on any atom is -0.482 e. The highest BCUT2D eigenvalue weighted by Crippen LogP contribution is 2.24. The Bertz CT molecular complexity index is 510. The molecule has 0 fully saturated rings. The van der Waals surface area contributed by atoms with E-state index < -0.39 is 11.8 Å². The minimum absolute atomic E-state index is 0.00142. The minimum atomic E-state index is -0.898. The Labute approximate surface area is 127 Å². The molecule has 0 aromatic heterocycles. The van der Waals surface area contributed by atoms with Crippen molar-refractivity contribution in [3.05, 3.63) is 29.0 Å². The Balaban J connectivity index is 2.38. The Kier molecular flexibility index (Phi) is 6.94. The van der Waals surface area contributed by atoms with Crippen LogP contribution in [0.15, 0.2) is 18.2 Å². The first-order valence-electron chi connectivity index (χ1n) is 6.48. The molecule has 0 spiro atoms. The van der Waals surface area contributed by atoms with Crippen LogP contribution in [0.25, 0.3) is 0 Å². The van der Waals surface area contributed by atoms with Gasteiger partial charge in [-0.1, -0.05) is 24.9 Å². The molecule has 0 saturated heterocycles. The molecule has 116 valence electrons. The van der Waals surface area contributed by atoms with Crippen molar-refractivity contribution in [2.45, 2.75) is 19.8 Å². The molecule has 0 saturated carbocycles. The number of benzene rings is 1. The summed E-state index contributed by atoms with van der Waals surface area (Å²) in [5, 5.41) is 11.4. The van der Waals surface area contributed by atoms with E-state index in [1.165, 1.54) is 12.1 Å². The molecular weight excluding hydrogens is 301 g/mol. The maximum atomic E-state index is 12.8. The molecule has 0 aliphatic rings. The fourth-order valence-electron chi connectivity index (χ4n) is 1.65. The highest BCUT2D eigenvalue weighted by Gasteiger charge is 2.13. The number of aliphatic carboxylic acids is 1. The highest BCUT2D eigenvalue weighted by atomic mass is 35.5. The third-order valence-electron chi connectivity index (χ3n) is 2.88. The Morgan fingerprint density at radius 2 is 2.19 bits per heavy atom. The number of hydrogen-bond acceptors (Lipinski definition) is 3. The van der Waals surface area contributed by atoms with Crippen LogP contribution in [0.3, 0.4) is 0 Å². The van der Waals surface area contributed by atoms with E-state index >= 15 is 0 Å². The van der Waals surface area contributed by atoms with Gasteiger partial charge in [0.1, 0.15) is 11.6 Å². The molecule has 1 unspecified atom stereocenters. The molecule has 0 radical (unpaired) electrons. The first kappa shape index (κ1) is 17.2. The number of carboxylic acids is 1. The largest absolute Gasteiger partial charge is 0.482 e. The van der Waals surface area contributed by atoms with Crippen LogP contribution in [0, 0.1) is 11.7 Å². The zero-order valence-electron chi connectivity index (χ0n) is 11.6. The van der Waals surface area contributed by atoms with Gasteiger partial charge in [0, 0.05) is 13.0 Å². The van der Waals surface area contributed by atoms with E-state index in [2.05, 4.69) is 5.32 Å². The van der Waals surface area contributed by atoms with Crippen molar-refractivity contribution in [3.63, 3.8) is 0 Å². The van der Waals surface area contributed by atoms with Gasteiger partial charge in [0.15, 0.2) is 6.61 Å². The van der Waals surface area contributed by atoms with E-state index in [1.54, 1.807) is 0 Å². The average molecular weight is 318 g/mol. The highest BCUT2D eigenvalue weighted by molar-refractivity contribution is 6.32. The first-order valence-corrected chi connectivity index (χ1v) is 6.86. The van der Waals surface area contributed by atoms with Crippen LogP contribution >= 0.6 is 11.6 Å². The van der Waals surface area contributed by atoms with Crippen LogP contribution in [-0.4, -0.2) is 30.1 Å². The van der Waals surface area contributed by atoms with E-state index in [0.29, 0.717) is 6.42 Å². The molecule has 5 nitrogen and oxygen atoms in total. The van der Waals surface area contributed by atoms with E-state index in [1.807, 2.05) is 6.92 Å². The molecule has 1 amide bonds. The second-order valence-electron chi connectivity index (χ2n) is 4.54. The summed E-state index contributed by atoms with van der Waals surface area (Å²) >= 11 is 5.76. The Morgan fingerprint density at radius 3 is 2.76 bits per heavy atom. The summed E-state index contributed by atoms with van der Waals surface area (Å²) in [5.41, 5.74) is 0. The van der Waals surface area contributed by atoms with E-state index in [4.69, 9.17) is 21.4 Å². The van der Waals surface area contributed by atoms with E-state index in [9.17, 15) is 14.0 Å². The quantitative estimate of drug-likeness (QED) is 0.772. The van der Waals surface area contributed by atoms with Crippen molar-refractivity contribution in [2.24, 2.45) is 5.92 Å². The van der Waals surface area contributed by atoms with Crippen molar-refractivity contribution < 1.29 is 23.8 Å². The number of halogens is 2. The fourth-order valence-corrected chi connectivity index (χ4v) is 1.87. The van der Waals surface area contributed by atoms with Crippen molar-refractivity contribution in [3.8, 4) is 5.75 Å². The molecule has 21 heavy (non-hydrogen) atoms. The molecule has 0 heterocycles. The van der Waals surface area contributed by atoms with Gasteiger partial charge in [-0.25, -0.2) is 4.39 Å². The van der Waals surface area contributed by atoms with E-state index in [-0.39, 0.29) is 42.2 Å². The van der Waals surface area contributed by atoms with Gasteiger partial charge in [-0.2, -0.15) is 0 Å². The number of ether oxygens (including phenoxy) is 1.